The maximum Gasteiger partial charge on any atom is 0.453 e. The van der Waals surface area contributed by atoms with E-state index in [9.17, 15) is 18.0 Å². The minimum Gasteiger partial charge on any atom is -0.496 e. The Kier molecular flexibility index (Phi) is 6.66. The monoisotopic (exact) mass is 556 g/mol. The standard InChI is InChI=1S/C26H27F3N8O3/c1-39-20-9-8-18(37-23(26(27,28)29)32-34-35-37)12-19(20)17-13-25(40-15-17)10-5-11-36(14-21-30-24(38)33-31-21)22(25)16-6-3-2-4-7-16/h2-4,6-9,12,17,22H,5,10-11,13-15H2,1H3,(H2,30,31,33,38)/t17-,22?,25?/m1/s1. The molecule has 0 saturated carbocycles. The van der Waals surface area contributed by atoms with Crippen LogP contribution in [-0.4, -0.2) is 66.2 Å². The molecule has 4 aromatic rings. The summed E-state index contributed by atoms with van der Waals surface area (Å²) >= 11 is 0. The Morgan fingerprint density at radius 2 is 2.02 bits per heavy atom. The highest BCUT2D eigenvalue weighted by atomic mass is 19.4. The molecule has 2 saturated heterocycles. The molecule has 0 radical (unpaired) electrons. The Morgan fingerprint density at radius 1 is 1.20 bits per heavy atom. The predicted octanol–water partition coefficient (Wildman–Crippen LogP) is 3.38. The first-order valence-electron chi connectivity index (χ1n) is 12.9. The third-order valence-corrected chi connectivity index (χ3v) is 7.71. The molecule has 0 bridgehead atoms. The molecule has 2 aliphatic rings. The molecule has 4 heterocycles. The maximum atomic E-state index is 13.5. The number of ether oxygens (including phenoxy) is 2. The lowest BCUT2D eigenvalue weighted by molar-refractivity contribution is -0.146. The number of piperidine rings is 1. The molecular formula is C26H27F3N8O3. The van der Waals surface area contributed by atoms with Crippen molar-refractivity contribution in [3.05, 3.63) is 81.8 Å². The number of hydrogen-bond donors (Lipinski definition) is 2. The van der Waals surface area contributed by atoms with Gasteiger partial charge >= 0.3 is 11.9 Å². The molecule has 0 amide bonds. The van der Waals surface area contributed by atoms with E-state index in [0.717, 1.165) is 30.5 Å². The van der Waals surface area contributed by atoms with E-state index in [1.165, 1.54) is 13.2 Å². The van der Waals surface area contributed by atoms with Crippen molar-refractivity contribution in [1.29, 1.82) is 0 Å². The second-order valence-electron chi connectivity index (χ2n) is 10.1. The van der Waals surface area contributed by atoms with E-state index in [2.05, 4.69) is 47.7 Å². The lowest BCUT2D eigenvalue weighted by Crippen LogP contribution is -2.50. The van der Waals surface area contributed by atoms with Gasteiger partial charge in [-0.1, -0.05) is 30.3 Å². The van der Waals surface area contributed by atoms with Gasteiger partial charge in [-0.3, -0.25) is 9.88 Å². The van der Waals surface area contributed by atoms with Crippen LogP contribution < -0.4 is 10.4 Å². The molecule has 210 valence electrons. The van der Waals surface area contributed by atoms with Crippen LogP contribution in [0.2, 0.25) is 0 Å². The van der Waals surface area contributed by atoms with Crippen molar-refractivity contribution >= 4 is 0 Å². The van der Waals surface area contributed by atoms with Crippen LogP contribution in [0.15, 0.2) is 53.3 Å². The van der Waals surface area contributed by atoms with Crippen molar-refractivity contribution in [3.8, 4) is 11.4 Å². The molecule has 2 aromatic heterocycles. The Bertz CT molecular complexity index is 1540. The summed E-state index contributed by atoms with van der Waals surface area (Å²) in [6, 6.07) is 14.7. The minimum atomic E-state index is -4.71. The van der Waals surface area contributed by atoms with Gasteiger partial charge in [0.2, 0.25) is 0 Å². The van der Waals surface area contributed by atoms with E-state index >= 15 is 0 Å². The summed E-state index contributed by atoms with van der Waals surface area (Å²) in [7, 11) is 1.53. The number of hydrogen-bond acceptors (Lipinski definition) is 8. The normalized spacial score (nSPS) is 23.6. The Labute approximate surface area is 226 Å². The van der Waals surface area contributed by atoms with Crippen LogP contribution >= 0.6 is 0 Å². The second kappa shape index (κ2) is 10.2. The van der Waals surface area contributed by atoms with Gasteiger partial charge in [0.05, 0.1) is 37.6 Å². The molecule has 2 aromatic carbocycles. The summed E-state index contributed by atoms with van der Waals surface area (Å²) in [5.41, 5.74) is 1.04. The molecule has 2 unspecified atom stereocenters. The van der Waals surface area contributed by atoms with Crippen LogP contribution in [0.1, 0.15) is 54.0 Å². The quantitative estimate of drug-likeness (QED) is 0.370. The van der Waals surface area contributed by atoms with Crippen LogP contribution in [-0.2, 0) is 17.5 Å². The van der Waals surface area contributed by atoms with Gasteiger partial charge in [0, 0.05) is 11.5 Å². The summed E-state index contributed by atoms with van der Waals surface area (Å²) in [4.78, 5) is 16.7. The van der Waals surface area contributed by atoms with E-state index in [-0.39, 0.29) is 23.3 Å². The molecule has 3 atom stereocenters. The van der Waals surface area contributed by atoms with Gasteiger partial charge in [-0.05, 0) is 60.0 Å². The first-order valence-corrected chi connectivity index (χ1v) is 12.9. The molecule has 11 nitrogen and oxygen atoms in total. The van der Waals surface area contributed by atoms with Gasteiger partial charge in [-0.15, -0.1) is 5.10 Å². The van der Waals surface area contributed by atoms with Crippen LogP contribution in [0.3, 0.4) is 0 Å². The van der Waals surface area contributed by atoms with E-state index in [1.807, 2.05) is 18.2 Å². The zero-order chi connectivity index (χ0) is 27.9. The SMILES string of the molecule is COc1ccc(-n2nnnc2C(F)(F)F)cc1[C@H]1COC2(CCCN(Cc3n[nH]c(=O)[nH]3)C2c2ccccc2)C1. The number of aromatic nitrogens is 7. The number of rotatable bonds is 6. The summed E-state index contributed by atoms with van der Waals surface area (Å²) in [5, 5.41) is 16.5. The largest absolute Gasteiger partial charge is 0.496 e. The number of tetrazole rings is 1. The highest BCUT2D eigenvalue weighted by molar-refractivity contribution is 5.47. The minimum absolute atomic E-state index is 0.141. The molecule has 2 fully saturated rings. The Hall–Kier alpha value is -4.04. The van der Waals surface area contributed by atoms with Crippen molar-refractivity contribution in [1.82, 2.24) is 40.3 Å². The predicted molar refractivity (Wildman–Crippen MR) is 135 cm³/mol. The highest BCUT2D eigenvalue weighted by Gasteiger charge is 2.52. The van der Waals surface area contributed by atoms with Crippen molar-refractivity contribution in [2.24, 2.45) is 0 Å². The van der Waals surface area contributed by atoms with Crippen LogP contribution in [0.4, 0.5) is 13.2 Å². The molecule has 14 heteroatoms. The van der Waals surface area contributed by atoms with Crippen LogP contribution in [0, 0.1) is 0 Å². The zero-order valence-electron chi connectivity index (χ0n) is 21.6. The smallest absolute Gasteiger partial charge is 0.453 e. The van der Waals surface area contributed by atoms with Crippen molar-refractivity contribution < 1.29 is 22.6 Å². The van der Waals surface area contributed by atoms with Gasteiger partial charge in [-0.2, -0.15) is 23.0 Å². The fraction of sp³-hybridized carbons (Fsp3) is 0.423. The molecule has 6 rings (SSSR count). The molecule has 2 N–H and O–H groups in total. The van der Waals surface area contributed by atoms with Crippen molar-refractivity contribution in [2.75, 3.05) is 20.3 Å². The lowest BCUT2D eigenvalue weighted by Gasteiger charge is -2.47. The fourth-order valence-electron chi connectivity index (χ4n) is 6.15. The number of methoxy groups -OCH3 is 1. The average molecular weight is 557 g/mol. The summed E-state index contributed by atoms with van der Waals surface area (Å²) < 4.78 is 53.5. The first kappa shape index (κ1) is 26.2. The summed E-state index contributed by atoms with van der Waals surface area (Å²) in [5.74, 6) is -0.272. The molecule has 1 spiro atoms. The third kappa shape index (κ3) is 4.77. The van der Waals surface area contributed by atoms with Gasteiger partial charge in [0.1, 0.15) is 11.6 Å². The van der Waals surface area contributed by atoms with Crippen LogP contribution in [0.5, 0.6) is 5.75 Å². The third-order valence-electron chi connectivity index (χ3n) is 7.71. The Balaban J connectivity index is 1.36. The highest BCUT2D eigenvalue weighted by Crippen LogP contribution is 2.52. The van der Waals surface area contributed by atoms with Crippen LogP contribution in [0.25, 0.3) is 5.69 Å². The van der Waals surface area contributed by atoms with E-state index in [0.29, 0.717) is 35.8 Å². The molecule has 2 aliphatic heterocycles. The van der Waals surface area contributed by atoms with Crippen molar-refractivity contribution in [3.63, 3.8) is 0 Å². The fourth-order valence-corrected chi connectivity index (χ4v) is 6.15. The number of alkyl halides is 3. The molecule has 0 aliphatic carbocycles. The number of likely N-dealkylation sites (tertiary alicyclic amines) is 1. The molecule has 40 heavy (non-hydrogen) atoms. The number of nitrogens with zero attached hydrogens (tertiary/aromatic N) is 6. The van der Waals surface area contributed by atoms with E-state index in [4.69, 9.17) is 9.47 Å². The Morgan fingerprint density at radius 3 is 2.75 bits per heavy atom. The number of aromatic amines is 2. The van der Waals surface area contributed by atoms with Gasteiger partial charge in [-0.25, -0.2) is 9.89 Å². The summed E-state index contributed by atoms with van der Waals surface area (Å²) in [6.45, 7) is 1.56. The first-order chi connectivity index (χ1) is 19.3. The topological polar surface area (TPSA) is 127 Å². The van der Waals surface area contributed by atoms with E-state index < -0.39 is 17.6 Å². The zero-order valence-corrected chi connectivity index (χ0v) is 21.6. The summed E-state index contributed by atoms with van der Waals surface area (Å²) in [6.07, 6.45) is -2.44. The van der Waals surface area contributed by atoms with Crippen molar-refractivity contribution in [2.45, 2.75) is 49.5 Å². The van der Waals surface area contributed by atoms with Gasteiger partial charge in [0.25, 0.3) is 5.82 Å². The van der Waals surface area contributed by atoms with E-state index in [1.54, 1.807) is 12.1 Å². The van der Waals surface area contributed by atoms with Gasteiger partial charge in [0.15, 0.2) is 0 Å². The van der Waals surface area contributed by atoms with Gasteiger partial charge < -0.3 is 9.47 Å². The molecular weight excluding hydrogens is 529 g/mol. The maximum absolute atomic E-state index is 13.5. The second-order valence-corrected chi connectivity index (χ2v) is 10.1. The number of halogens is 3. The number of nitrogens with one attached hydrogen (secondary N) is 2. The number of H-pyrrole nitrogens is 2. The average Bonchev–Trinajstić information content (AvgIpc) is 3.70. The lowest BCUT2D eigenvalue weighted by atomic mass is 9.75. The number of benzene rings is 2.